The second-order valence-electron chi connectivity index (χ2n) is 10.1. The second-order valence-corrected chi connectivity index (χ2v) is 10.1. The van der Waals surface area contributed by atoms with Gasteiger partial charge in [0.25, 0.3) is 0 Å². The smallest absolute Gasteiger partial charge is 0.309 e. The molecular formula is C26H38O7. The van der Waals surface area contributed by atoms with Crippen LogP contribution in [0.3, 0.4) is 0 Å². The zero-order valence-corrected chi connectivity index (χ0v) is 20.2. The first-order valence-corrected chi connectivity index (χ1v) is 12.2. The largest absolute Gasteiger partial charge is 0.466 e. The SMILES string of the molecule is CC(=O)OCCC(C)C(=O)O[C@H]1C[C@@H](C)C=C2C=C[C@H](C)[C@H](CC[C@@H]3C[C@@H](O)CC(=O)O3)[C@H]21. The highest BCUT2D eigenvalue weighted by Gasteiger charge is 2.42. The summed E-state index contributed by atoms with van der Waals surface area (Å²) in [6.07, 6.45) is 8.79. The number of hydrogen-bond acceptors (Lipinski definition) is 7. The molecule has 8 atom stereocenters. The highest BCUT2D eigenvalue weighted by atomic mass is 16.6. The molecular weight excluding hydrogens is 424 g/mol. The number of aliphatic hydroxyl groups is 1. The van der Waals surface area contributed by atoms with Gasteiger partial charge in [-0.3, -0.25) is 14.4 Å². The van der Waals surface area contributed by atoms with Crippen LogP contribution in [0.4, 0.5) is 0 Å². The van der Waals surface area contributed by atoms with Crippen LogP contribution >= 0.6 is 0 Å². The highest BCUT2D eigenvalue weighted by Crippen LogP contribution is 2.45. The van der Waals surface area contributed by atoms with Gasteiger partial charge >= 0.3 is 17.9 Å². The fourth-order valence-electron chi connectivity index (χ4n) is 5.40. The van der Waals surface area contributed by atoms with Crippen LogP contribution in [0.5, 0.6) is 0 Å². The molecule has 0 aromatic carbocycles. The van der Waals surface area contributed by atoms with Crippen molar-refractivity contribution in [1.29, 1.82) is 0 Å². The monoisotopic (exact) mass is 462 g/mol. The van der Waals surface area contributed by atoms with E-state index in [-0.39, 0.29) is 60.9 Å². The standard InChI is InChI=1S/C26H38O7/c1-15-11-19-6-5-16(2)22(8-7-21-13-20(28)14-24(29)32-21)25(19)23(12-15)33-26(30)17(3)9-10-31-18(4)27/h5-6,11,15-17,20-23,25,28H,7-10,12-14H2,1-4H3/t15-,16-,17?,20+,21+,22-,23-,25-/m0/s1. The molecule has 1 N–H and O–H groups in total. The average molecular weight is 463 g/mol. The third-order valence-corrected chi connectivity index (χ3v) is 7.18. The maximum Gasteiger partial charge on any atom is 0.309 e. The number of rotatable bonds is 8. The van der Waals surface area contributed by atoms with Gasteiger partial charge in [0.15, 0.2) is 0 Å². The summed E-state index contributed by atoms with van der Waals surface area (Å²) < 4.78 is 16.5. The van der Waals surface area contributed by atoms with Crippen molar-refractivity contribution in [1.82, 2.24) is 0 Å². The Labute approximate surface area is 196 Å². The van der Waals surface area contributed by atoms with Crippen LogP contribution in [0, 0.1) is 29.6 Å². The van der Waals surface area contributed by atoms with Crippen molar-refractivity contribution in [2.24, 2.45) is 29.6 Å². The van der Waals surface area contributed by atoms with Crippen molar-refractivity contribution in [3.8, 4) is 0 Å². The lowest BCUT2D eigenvalue weighted by Crippen LogP contribution is -2.42. The number of esters is 3. The first-order valence-electron chi connectivity index (χ1n) is 12.2. The third-order valence-electron chi connectivity index (χ3n) is 7.18. The molecule has 0 bridgehead atoms. The van der Waals surface area contributed by atoms with E-state index in [1.165, 1.54) is 12.5 Å². The Hall–Kier alpha value is -2.15. The van der Waals surface area contributed by atoms with Crippen LogP contribution in [-0.2, 0) is 28.6 Å². The Morgan fingerprint density at radius 3 is 2.70 bits per heavy atom. The number of carbonyl (C=O) groups excluding carboxylic acids is 3. The molecule has 1 fully saturated rings. The zero-order chi connectivity index (χ0) is 24.1. The van der Waals surface area contributed by atoms with E-state index < -0.39 is 6.10 Å². The minimum absolute atomic E-state index is 0.0696. The quantitative estimate of drug-likeness (QED) is 0.433. The Bertz CT molecular complexity index is 786. The van der Waals surface area contributed by atoms with Crippen LogP contribution in [0.15, 0.2) is 23.8 Å². The summed E-state index contributed by atoms with van der Waals surface area (Å²) in [4.78, 5) is 35.6. The summed E-state index contributed by atoms with van der Waals surface area (Å²) in [6.45, 7) is 7.68. The Morgan fingerprint density at radius 1 is 1.24 bits per heavy atom. The van der Waals surface area contributed by atoms with Gasteiger partial charge in [-0.25, -0.2) is 0 Å². The number of carbonyl (C=O) groups is 3. The first kappa shape index (κ1) is 25.5. The van der Waals surface area contributed by atoms with Gasteiger partial charge in [-0.15, -0.1) is 0 Å². The molecule has 3 aliphatic rings. The van der Waals surface area contributed by atoms with Gasteiger partial charge in [0, 0.05) is 19.3 Å². The minimum Gasteiger partial charge on any atom is -0.466 e. The van der Waals surface area contributed by atoms with E-state index in [9.17, 15) is 19.5 Å². The Kier molecular flexibility index (Phi) is 8.74. The van der Waals surface area contributed by atoms with Gasteiger partial charge in [0.05, 0.1) is 25.0 Å². The Balaban J connectivity index is 1.67. The van der Waals surface area contributed by atoms with Gasteiger partial charge in [-0.05, 0) is 49.0 Å². The van der Waals surface area contributed by atoms with Gasteiger partial charge < -0.3 is 19.3 Å². The molecule has 33 heavy (non-hydrogen) atoms. The van der Waals surface area contributed by atoms with Crippen molar-refractivity contribution in [3.05, 3.63) is 23.8 Å². The summed E-state index contributed by atoms with van der Waals surface area (Å²) in [5.74, 6) is -0.356. The summed E-state index contributed by atoms with van der Waals surface area (Å²) in [6, 6.07) is 0. The number of aliphatic hydroxyl groups excluding tert-OH is 1. The van der Waals surface area contributed by atoms with E-state index in [0.717, 1.165) is 12.8 Å². The molecule has 0 radical (unpaired) electrons. The average Bonchev–Trinajstić information content (AvgIpc) is 2.72. The predicted molar refractivity (Wildman–Crippen MR) is 122 cm³/mol. The molecule has 0 aromatic heterocycles. The normalized spacial score (nSPS) is 34.5. The second kappa shape index (κ2) is 11.3. The van der Waals surface area contributed by atoms with E-state index in [0.29, 0.717) is 31.1 Å². The molecule has 184 valence electrons. The van der Waals surface area contributed by atoms with Crippen molar-refractivity contribution in [2.75, 3.05) is 6.61 Å². The molecule has 0 saturated carbocycles. The van der Waals surface area contributed by atoms with Gasteiger partial charge in [-0.1, -0.05) is 39.0 Å². The van der Waals surface area contributed by atoms with E-state index >= 15 is 0 Å². The number of fused-ring (bicyclic) bond motifs is 1. The minimum atomic E-state index is -0.631. The number of allylic oxidation sites excluding steroid dienone is 3. The molecule has 3 rings (SSSR count). The lowest BCUT2D eigenvalue weighted by atomic mass is 9.65. The van der Waals surface area contributed by atoms with Gasteiger partial charge in [-0.2, -0.15) is 0 Å². The molecule has 1 heterocycles. The van der Waals surface area contributed by atoms with Crippen LogP contribution in [-0.4, -0.2) is 47.9 Å². The van der Waals surface area contributed by atoms with Crippen LogP contribution in [0.1, 0.15) is 66.2 Å². The van der Waals surface area contributed by atoms with E-state index in [1.54, 1.807) is 6.92 Å². The lowest BCUT2D eigenvalue weighted by molar-refractivity contribution is -0.162. The van der Waals surface area contributed by atoms with Crippen molar-refractivity contribution in [3.63, 3.8) is 0 Å². The molecule has 0 spiro atoms. The molecule has 1 saturated heterocycles. The summed E-state index contributed by atoms with van der Waals surface area (Å²) in [5, 5.41) is 9.93. The molecule has 0 aromatic rings. The fraction of sp³-hybridized carbons (Fsp3) is 0.731. The Morgan fingerprint density at radius 2 is 2.00 bits per heavy atom. The topological polar surface area (TPSA) is 99.1 Å². The van der Waals surface area contributed by atoms with Gasteiger partial charge in [0.2, 0.25) is 0 Å². The van der Waals surface area contributed by atoms with Gasteiger partial charge in [0.1, 0.15) is 12.2 Å². The maximum absolute atomic E-state index is 12.8. The summed E-state index contributed by atoms with van der Waals surface area (Å²) >= 11 is 0. The molecule has 0 amide bonds. The van der Waals surface area contributed by atoms with Crippen molar-refractivity contribution >= 4 is 17.9 Å². The van der Waals surface area contributed by atoms with Crippen LogP contribution in [0.25, 0.3) is 0 Å². The predicted octanol–water partition coefficient (Wildman–Crippen LogP) is 3.74. The molecule has 1 unspecified atom stereocenters. The molecule has 7 nitrogen and oxygen atoms in total. The van der Waals surface area contributed by atoms with E-state index in [2.05, 4.69) is 32.1 Å². The third kappa shape index (κ3) is 6.92. The van der Waals surface area contributed by atoms with E-state index in [4.69, 9.17) is 14.2 Å². The zero-order valence-electron chi connectivity index (χ0n) is 20.2. The summed E-state index contributed by atoms with van der Waals surface area (Å²) in [5.41, 5.74) is 1.21. The maximum atomic E-state index is 12.8. The highest BCUT2D eigenvalue weighted by molar-refractivity contribution is 5.72. The summed E-state index contributed by atoms with van der Waals surface area (Å²) in [7, 11) is 0. The number of ether oxygens (including phenoxy) is 3. The van der Waals surface area contributed by atoms with E-state index in [1.807, 2.05) is 0 Å². The van der Waals surface area contributed by atoms with Crippen molar-refractivity contribution < 1.29 is 33.7 Å². The number of hydrogen-bond donors (Lipinski definition) is 1. The van der Waals surface area contributed by atoms with Crippen LogP contribution in [0.2, 0.25) is 0 Å². The number of cyclic esters (lactones) is 1. The molecule has 7 heteroatoms. The van der Waals surface area contributed by atoms with Crippen LogP contribution < -0.4 is 0 Å². The fourth-order valence-corrected chi connectivity index (χ4v) is 5.40. The first-order chi connectivity index (χ1) is 15.6. The van der Waals surface area contributed by atoms with Crippen molar-refractivity contribution in [2.45, 2.75) is 84.5 Å². The molecule has 2 aliphatic carbocycles. The molecule has 1 aliphatic heterocycles. The lowest BCUT2D eigenvalue weighted by Gasteiger charge is -2.43.